The van der Waals surface area contributed by atoms with Gasteiger partial charge in [-0.3, -0.25) is 9.78 Å². The molecule has 0 bridgehead atoms. The zero-order valence-corrected chi connectivity index (χ0v) is 16.2. The summed E-state index contributed by atoms with van der Waals surface area (Å²) in [7, 11) is 0. The van der Waals surface area contributed by atoms with Crippen LogP contribution >= 0.6 is 11.8 Å². The van der Waals surface area contributed by atoms with Gasteiger partial charge in [-0.2, -0.15) is 0 Å². The summed E-state index contributed by atoms with van der Waals surface area (Å²) in [6.45, 7) is 1.56. The van der Waals surface area contributed by atoms with Crippen molar-refractivity contribution in [1.82, 2.24) is 20.3 Å². The molecule has 1 unspecified atom stereocenters. The van der Waals surface area contributed by atoms with Crippen LogP contribution in [0.25, 0.3) is 11.3 Å². The molecule has 4 rings (SSSR count). The second-order valence-electron chi connectivity index (χ2n) is 6.58. The fourth-order valence-electron chi connectivity index (χ4n) is 3.18. The molecule has 28 heavy (non-hydrogen) atoms. The molecule has 1 N–H and O–H groups in total. The highest BCUT2D eigenvalue weighted by Gasteiger charge is 2.25. The van der Waals surface area contributed by atoms with E-state index in [4.69, 9.17) is 4.98 Å². The van der Waals surface area contributed by atoms with Gasteiger partial charge in [-0.25, -0.2) is 9.97 Å². The van der Waals surface area contributed by atoms with Crippen LogP contribution in [-0.2, 0) is 4.79 Å². The average molecular weight is 392 g/mol. The van der Waals surface area contributed by atoms with Gasteiger partial charge in [-0.05, 0) is 24.6 Å². The molecule has 142 valence electrons. The smallest absolute Gasteiger partial charge is 0.230 e. The van der Waals surface area contributed by atoms with E-state index in [1.165, 1.54) is 11.8 Å². The van der Waals surface area contributed by atoms with Crippen molar-refractivity contribution < 1.29 is 4.79 Å². The van der Waals surface area contributed by atoms with Crippen molar-refractivity contribution >= 4 is 23.6 Å². The molecule has 1 atom stereocenters. The number of nitrogens with one attached hydrogen (secondary N) is 1. The standard InChI is InChI=1S/C21H21N5OS/c27-20(15-28-18-6-10-22-11-7-18)24-17-9-13-26(14-17)21-23-12-8-19(25-21)16-4-2-1-3-5-16/h1-8,10-12,17H,9,13-15H2,(H,24,27). The maximum atomic E-state index is 12.3. The van der Waals surface area contributed by atoms with E-state index in [2.05, 4.69) is 20.2 Å². The van der Waals surface area contributed by atoms with Gasteiger partial charge in [-0.15, -0.1) is 11.8 Å². The van der Waals surface area contributed by atoms with E-state index < -0.39 is 0 Å². The molecule has 3 heterocycles. The first-order valence-corrected chi connectivity index (χ1v) is 10.2. The van der Waals surface area contributed by atoms with Crippen molar-refractivity contribution in [2.45, 2.75) is 17.4 Å². The number of hydrogen-bond acceptors (Lipinski definition) is 6. The van der Waals surface area contributed by atoms with Crippen molar-refractivity contribution in [1.29, 1.82) is 0 Å². The summed E-state index contributed by atoms with van der Waals surface area (Å²) in [5.41, 5.74) is 1.98. The van der Waals surface area contributed by atoms with Crippen LogP contribution in [-0.4, -0.2) is 45.7 Å². The Morgan fingerprint density at radius 1 is 1.11 bits per heavy atom. The summed E-state index contributed by atoms with van der Waals surface area (Å²) in [5, 5.41) is 3.12. The van der Waals surface area contributed by atoms with Crippen LogP contribution in [0, 0.1) is 0 Å². The number of aromatic nitrogens is 3. The van der Waals surface area contributed by atoms with Gasteiger partial charge in [0.1, 0.15) is 0 Å². The van der Waals surface area contributed by atoms with Crippen LogP contribution in [0.15, 0.2) is 72.0 Å². The lowest BCUT2D eigenvalue weighted by Crippen LogP contribution is -2.38. The van der Waals surface area contributed by atoms with Crippen LogP contribution in [0.4, 0.5) is 5.95 Å². The summed E-state index contributed by atoms with van der Waals surface area (Å²) >= 11 is 1.52. The zero-order chi connectivity index (χ0) is 19.2. The maximum absolute atomic E-state index is 12.3. The molecule has 1 saturated heterocycles. The predicted molar refractivity (Wildman–Crippen MR) is 111 cm³/mol. The second kappa shape index (κ2) is 8.84. The third kappa shape index (κ3) is 4.67. The fraction of sp³-hybridized carbons (Fsp3) is 0.238. The molecule has 0 spiro atoms. The Labute approximate surface area is 168 Å². The van der Waals surface area contributed by atoms with E-state index in [0.717, 1.165) is 35.7 Å². The Bertz CT molecular complexity index is 922. The van der Waals surface area contributed by atoms with Crippen LogP contribution in [0.3, 0.4) is 0 Å². The number of nitrogens with zero attached hydrogens (tertiary/aromatic N) is 4. The predicted octanol–water partition coefficient (Wildman–Crippen LogP) is 3.03. The highest BCUT2D eigenvalue weighted by atomic mass is 32.2. The van der Waals surface area contributed by atoms with Gasteiger partial charge < -0.3 is 10.2 Å². The third-order valence-electron chi connectivity index (χ3n) is 4.57. The first-order chi connectivity index (χ1) is 13.8. The van der Waals surface area contributed by atoms with Gasteiger partial charge in [0, 0.05) is 48.2 Å². The van der Waals surface area contributed by atoms with Gasteiger partial charge in [-0.1, -0.05) is 30.3 Å². The van der Waals surface area contributed by atoms with Crippen molar-refractivity contribution in [3.8, 4) is 11.3 Å². The van der Waals surface area contributed by atoms with Crippen LogP contribution in [0.1, 0.15) is 6.42 Å². The number of benzene rings is 1. The van der Waals surface area contributed by atoms with Gasteiger partial charge >= 0.3 is 0 Å². The molecule has 0 radical (unpaired) electrons. The van der Waals surface area contributed by atoms with E-state index >= 15 is 0 Å². The topological polar surface area (TPSA) is 71.0 Å². The Kier molecular flexibility index (Phi) is 5.82. The molecule has 1 aromatic carbocycles. The SMILES string of the molecule is O=C(CSc1ccncc1)NC1CCN(c2nccc(-c3ccccc3)n2)C1. The van der Waals surface area contributed by atoms with Gasteiger partial charge in [0.05, 0.1) is 11.4 Å². The normalized spacial score (nSPS) is 16.1. The minimum absolute atomic E-state index is 0.0487. The van der Waals surface area contributed by atoms with Crippen molar-refractivity contribution in [2.24, 2.45) is 0 Å². The van der Waals surface area contributed by atoms with E-state index in [1.807, 2.05) is 48.5 Å². The second-order valence-corrected chi connectivity index (χ2v) is 7.63. The number of rotatable bonds is 6. The van der Waals surface area contributed by atoms with E-state index in [9.17, 15) is 4.79 Å². The summed E-state index contributed by atoms with van der Waals surface area (Å²) in [4.78, 5) is 28.6. The molecule has 7 heteroatoms. The molecule has 3 aromatic rings. The molecule has 1 aliphatic rings. The van der Waals surface area contributed by atoms with E-state index in [1.54, 1.807) is 18.6 Å². The number of amides is 1. The summed E-state index contributed by atoms with van der Waals surface area (Å²) in [6, 6.07) is 15.9. The lowest BCUT2D eigenvalue weighted by atomic mass is 10.1. The fourth-order valence-corrected chi connectivity index (χ4v) is 3.88. The third-order valence-corrected chi connectivity index (χ3v) is 5.58. The Balaban J connectivity index is 1.32. The Morgan fingerprint density at radius 3 is 2.75 bits per heavy atom. The number of pyridine rings is 1. The largest absolute Gasteiger partial charge is 0.351 e. The molecule has 1 fully saturated rings. The van der Waals surface area contributed by atoms with Gasteiger partial charge in [0.2, 0.25) is 11.9 Å². The summed E-state index contributed by atoms with van der Waals surface area (Å²) in [5.74, 6) is 1.16. The maximum Gasteiger partial charge on any atom is 0.230 e. The minimum Gasteiger partial charge on any atom is -0.351 e. The first-order valence-electron chi connectivity index (χ1n) is 9.23. The minimum atomic E-state index is 0.0487. The molecule has 2 aromatic heterocycles. The molecule has 0 aliphatic carbocycles. The van der Waals surface area contributed by atoms with Crippen LogP contribution in [0.5, 0.6) is 0 Å². The average Bonchev–Trinajstić information content (AvgIpc) is 3.22. The highest BCUT2D eigenvalue weighted by molar-refractivity contribution is 8.00. The monoisotopic (exact) mass is 391 g/mol. The van der Waals surface area contributed by atoms with Gasteiger partial charge in [0.25, 0.3) is 0 Å². The lowest BCUT2D eigenvalue weighted by molar-refractivity contribution is -0.119. The first kappa shape index (κ1) is 18.4. The number of anilines is 1. The number of thioether (sulfide) groups is 1. The van der Waals surface area contributed by atoms with Crippen LogP contribution in [0.2, 0.25) is 0 Å². The van der Waals surface area contributed by atoms with E-state index in [-0.39, 0.29) is 11.9 Å². The van der Waals surface area contributed by atoms with Crippen molar-refractivity contribution in [3.05, 3.63) is 67.1 Å². The molecular formula is C21H21N5OS. The molecule has 1 amide bonds. The molecule has 6 nitrogen and oxygen atoms in total. The van der Waals surface area contributed by atoms with Crippen molar-refractivity contribution in [3.63, 3.8) is 0 Å². The van der Waals surface area contributed by atoms with Gasteiger partial charge in [0.15, 0.2) is 0 Å². The number of hydrogen-bond donors (Lipinski definition) is 1. The Hall–Kier alpha value is -2.93. The Morgan fingerprint density at radius 2 is 1.93 bits per heavy atom. The highest BCUT2D eigenvalue weighted by Crippen LogP contribution is 2.21. The van der Waals surface area contributed by atoms with E-state index in [0.29, 0.717) is 11.7 Å². The molecular weight excluding hydrogens is 370 g/mol. The number of carbonyl (C=O) groups excluding carboxylic acids is 1. The van der Waals surface area contributed by atoms with Crippen LogP contribution < -0.4 is 10.2 Å². The number of carbonyl (C=O) groups is 1. The summed E-state index contributed by atoms with van der Waals surface area (Å²) in [6.07, 6.45) is 6.16. The lowest BCUT2D eigenvalue weighted by Gasteiger charge is -2.17. The molecule has 1 aliphatic heterocycles. The molecule has 0 saturated carbocycles. The van der Waals surface area contributed by atoms with Crippen molar-refractivity contribution in [2.75, 3.05) is 23.7 Å². The quantitative estimate of drug-likeness (QED) is 0.652. The summed E-state index contributed by atoms with van der Waals surface area (Å²) < 4.78 is 0. The zero-order valence-electron chi connectivity index (χ0n) is 15.4.